The van der Waals surface area contributed by atoms with Crippen LogP contribution in [0.1, 0.15) is 5.56 Å². The van der Waals surface area contributed by atoms with Crippen LogP contribution in [0.25, 0.3) is 0 Å². The first-order valence-corrected chi connectivity index (χ1v) is 5.04. The molecule has 1 aromatic rings. The van der Waals surface area contributed by atoms with Crippen LogP contribution in [0.2, 0.25) is 0 Å². The van der Waals surface area contributed by atoms with Gasteiger partial charge in [0.2, 0.25) is 0 Å². The molecule has 0 saturated carbocycles. The van der Waals surface area contributed by atoms with E-state index >= 15 is 0 Å². The van der Waals surface area contributed by atoms with Crippen LogP contribution < -0.4 is 0 Å². The van der Waals surface area contributed by atoms with Crippen molar-refractivity contribution in [2.24, 2.45) is 0 Å². The molecule has 0 nitrogen and oxygen atoms in total. The van der Waals surface area contributed by atoms with E-state index < -0.39 is 11.6 Å². The Morgan fingerprint density at radius 1 is 1.27 bits per heavy atom. The Labute approximate surface area is 85.3 Å². The summed E-state index contributed by atoms with van der Waals surface area (Å²) in [5.41, 5.74) is 0.611. The lowest BCUT2D eigenvalue weighted by molar-refractivity contribution is 0.568. The van der Waals surface area contributed by atoms with Gasteiger partial charge in [-0.25, -0.2) is 8.78 Å². The van der Waals surface area contributed by atoms with E-state index in [0.717, 1.165) is 0 Å². The number of alkyl halides is 1. The fourth-order valence-corrected chi connectivity index (χ4v) is 1.32. The summed E-state index contributed by atoms with van der Waals surface area (Å²) < 4.78 is 25.6. The molecule has 0 bridgehead atoms. The summed E-state index contributed by atoms with van der Waals surface area (Å²) in [4.78, 5) is 0. The van der Waals surface area contributed by atoms with Crippen molar-refractivity contribution in [2.75, 3.05) is 0 Å². The average Bonchev–Trinajstić information content (AvgIpc) is 1.99. The molecule has 1 aromatic carbocycles. The summed E-state index contributed by atoms with van der Waals surface area (Å²) in [6, 6.07) is 2.64. The first-order valence-electron chi connectivity index (χ1n) is 2.84. The molecule has 0 spiro atoms. The lowest BCUT2D eigenvalue weighted by Crippen LogP contribution is -1.90. The molecule has 0 radical (unpaired) electrons. The smallest absolute Gasteiger partial charge is 0.139 e. The van der Waals surface area contributed by atoms with Gasteiger partial charge >= 0.3 is 0 Å². The zero-order valence-corrected chi connectivity index (χ0v) is 9.12. The second-order valence-corrected chi connectivity index (χ2v) is 3.65. The Kier molecular flexibility index (Phi) is 3.24. The van der Waals surface area contributed by atoms with Crippen molar-refractivity contribution in [3.05, 3.63) is 32.9 Å². The van der Waals surface area contributed by atoms with Crippen LogP contribution in [0, 0.1) is 15.2 Å². The van der Waals surface area contributed by atoms with Gasteiger partial charge in [0.05, 0.1) is 3.57 Å². The number of halogens is 4. The van der Waals surface area contributed by atoms with Crippen molar-refractivity contribution >= 4 is 38.5 Å². The average molecular weight is 333 g/mol. The molecule has 0 fully saturated rings. The highest BCUT2D eigenvalue weighted by molar-refractivity contribution is 14.1. The third-order valence-corrected chi connectivity index (χ3v) is 2.88. The molecule has 0 aliphatic rings. The van der Waals surface area contributed by atoms with Gasteiger partial charge in [-0.15, -0.1) is 0 Å². The Bertz CT molecular complexity index is 252. The Balaban J connectivity index is 3.21. The summed E-state index contributed by atoms with van der Waals surface area (Å²) in [5.74, 6) is -1.000. The highest BCUT2D eigenvalue weighted by Crippen LogP contribution is 2.18. The molecule has 0 amide bonds. The molecule has 0 aromatic heterocycles. The quantitative estimate of drug-likeness (QED) is 0.420. The normalized spacial score (nSPS) is 10.2. The molecule has 11 heavy (non-hydrogen) atoms. The van der Waals surface area contributed by atoms with Gasteiger partial charge in [0, 0.05) is 5.33 Å². The molecule has 0 atom stereocenters. The van der Waals surface area contributed by atoms with E-state index in [2.05, 4.69) is 15.9 Å². The number of rotatable bonds is 1. The molecule has 0 unspecified atom stereocenters. The number of hydrogen-bond donors (Lipinski definition) is 0. The molecule has 0 aliphatic heterocycles. The van der Waals surface area contributed by atoms with Crippen LogP contribution in [-0.4, -0.2) is 0 Å². The lowest BCUT2D eigenvalue weighted by Gasteiger charge is -1.99. The van der Waals surface area contributed by atoms with Gasteiger partial charge in [-0.2, -0.15) is 0 Å². The van der Waals surface area contributed by atoms with E-state index in [-0.39, 0.29) is 3.57 Å². The molecule has 0 aliphatic carbocycles. The van der Waals surface area contributed by atoms with Gasteiger partial charge in [-0.1, -0.05) is 15.9 Å². The highest BCUT2D eigenvalue weighted by atomic mass is 127. The molecular formula is C7H4BrF2I. The van der Waals surface area contributed by atoms with Crippen LogP contribution in [0.15, 0.2) is 12.1 Å². The van der Waals surface area contributed by atoms with E-state index in [0.29, 0.717) is 10.9 Å². The summed E-state index contributed by atoms with van der Waals surface area (Å²) in [5, 5.41) is 0.470. The second-order valence-electron chi connectivity index (χ2n) is 2.01. The van der Waals surface area contributed by atoms with Crippen LogP contribution in [-0.2, 0) is 5.33 Å². The zero-order chi connectivity index (χ0) is 8.43. The van der Waals surface area contributed by atoms with E-state index in [1.54, 1.807) is 22.6 Å². The monoisotopic (exact) mass is 332 g/mol. The summed E-state index contributed by atoms with van der Waals surface area (Å²) in [6.07, 6.45) is 0. The zero-order valence-electron chi connectivity index (χ0n) is 5.37. The molecule has 4 heteroatoms. The second kappa shape index (κ2) is 3.80. The lowest BCUT2D eigenvalue weighted by atomic mass is 10.2. The van der Waals surface area contributed by atoms with Crippen molar-refractivity contribution in [1.29, 1.82) is 0 Å². The van der Waals surface area contributed by atoms with Gasteiger partial charge < -0.3 is 0 Å². The van der Waals surface area contributed by atoms with Gasteiger partial charge in [-0.3, -0.25) is 0 Å². The van der Waals surface area contributed by atoms with Crippen molar-refractivity contribution in [3.8, 4) is 0 Å². The van der Waals surface area contributed by atoms with E-state index in [4.69, 9.17) is 0 Å². The molecular weight excluding hydrogens is 329 g/mol. The molecule has 0 N–H and O–H groups in total. The number of hydrogen-bond acceptors (Lipinski definition) is 0. The van der Waals surface area contributed by atoms with E-state index in [1.165, 1.54) is 12.1 Å². The molecule has 1 rings (SSSR count). The topological polar surface area (TPSA) is 0 Å². The summed E-state index contributed by atoms with van der Waals surface area (Å²) in [7, 11) is 0. The highest BCUT2D eigenvalue weighted by Gasteiger charge is 2.06. The fourth-order valence-electron chi connectivity index (χ4n) is 0.685. The van der Waals surface area contributed by atoms with Gasteiger partial charge in [-0.05, 0) is 40.3 Å². The number of benzene rings is 1. The minimum atomic E-state index is -0.500. The Hall–Kier alpha value is 0.290. The standard InChI is InChI=1S/C7H4BrF2I/c8-3-4-1-5(9)7(11)6(10)2-4/h1-2H,3H2. The summed E-state index contributed by atoms with van der Waals surface area (Å²) in [6.45, 7) is 0. The van der Waals surface area contributed by atoms with Crippen LogP contribution in [0.4, 0.5) is 8.78 Å². The minimum absolute atomic E-state index is 0.0484. The van der Waals surface area contributed by atoms with Crippen molar-refractivity contribution in [2.45, 2.75) is 5.33 Å². The van der Waals surface area contributed by atoms with Crippen molar-refractivity contribution in [1.82, 2.24) is 0 Å². The molecule has 0 saturated heterocycles. The first-order chi connectivity index (χ1) is 5.15. The maximum absolute atomic E-state index is 12.8. The molecule has 60 valence electrons. The maximum Gasteiger partial charge on any atom is 0.139 e. The van der Waals surface area contributed by atoms with Crippen LogP contribution in [0.3, 0.4) is 0 Å². The van der Waals surface area contributed by atoms with E-state index in [9.17, 15) is 8.78 Å². The van der Waals surface area contributed by atoms with Gasteiger partial charge in [0.25, 0.3) is 0 Å². The van der Waals surface area contributed by atoms with Gasteiger partial charge in [0.15, 0.2) is 0 Å². The Morgan fingerprint density at radius 3 is 2.09 bits per heavy atom. The fraction of sp³-hybridized carbons (Fsp3) is 0.143. The minimum Gasteiger partial charge on any atom is -0.206 e. The largest absolute Gasteiger partial charge is 0.206 e. The third-order valence-electron chi connectivity index (χ3n) is 1.20. The van der Waals surface area contributed by atoms with Crippen LogP contribution in [0.5, 0.6) is 0 Å². The molecule has 0 heterocycles. The predicted octanol–water partition coefficient (Wildman–Crippen LogP) is 3.46. The van der Waals surface area contributed by atoms with Crippen LogP contribution >= 0.6 is 38.5 Å². The third kappa shape index (κ3) is 2.11. The first kappa shape index (κ1) is 9.38. The predicted molar refractivity (Wildman–Crippen MR) is 51.7 cm³/mol. The van der Waals surface area contributed by atoms with Crippen molar-refractivity contribution < 1.29 is 8.78 Å². The summed E-state index contributed by atoms with van der Waals surface area (Å²) >= 11 is 4.75. The van der Waals surface area contributed by atoms with Crippen molar-refractivity contribution in [3.63, 3.8) is 0 Å². The Morgan fingerprint density at radius 2 is 1.73 bits per heavy atom. The maximum atomic E-state index is 12.8. The SMILES string of the molecule is Fc1cc(CBr)cc(F)c1I. The van der Waals surface area contributed by atoms with Gasteiger partial charge in [0.1, 0.15) is 11.6 Å². The van der Waals surface area contributed by atoms with E-state index in [1.807, 2.05) is 0 Å².